The second kappa shape index (κ2) is 11.9. The molecule has 3 rings (SSSR count). The van der Waals surface area contributed by atoms with Crippen LogP contribution in [0.5, 0.6) is 11.5 Å². The summed E-state index contributed by atoms with van der Waals surface area (Å²) in [6, 6.07) is 18.0. The number of carbonyl (C=O) groups is 1. The Kier molecular flexibility index (Phi) is 9.00. The lowest BCUT2D eigenvalue weighted by Crippen LogP contribution is -2.13. The number of amides is 1. The molecule has 0 aliphatic carbocycles. The van der Waals surface area contributed by atoms with E-state index in [1.165, 1.54) is 6.08 Å². The summed E-state index contributed by atoms with van der Waals surface area (Å²) in [6.45, 7) is 4.38. The molecule has 0 aliphatic heterocycles. The molecule has 1 N–H and O–H groups in total. The highest BCUT2D eigenvalue weighted by atomic mass is 79.9. The van der Waals surface area contributed by atoms with Crippen molar-refractivity contribution in [3.63, 3.8) is 0 Å². The Morgan fingerprint density at radius 3 is 2.62 bits per heavy atom. The van der Waals surface area contributed by atoms with Crippen LogP contribution in [0.25, 0.3) is 6.08 Å². The van der Waals surface area contributed by atoms with Crippen LogP contribution in [-0.2, 0) is 11.4 Å². The number of anilines is 1. The number of ether oxygens (including phenoxy) is 2. The Morgan fingerprint density at radius 2 is 1.94 bits per heavy atom. The van der Waals surface area contributed by atoms with Crippen molar-refractivity contribution < 1.29 is 14.3 Å². The molecular weight excluding hydrogens is 539 g/mol. The zero-order valence-electron chi connectivity index (χ0n) is 18.5. The molecule has 0 atom stereocenters. The van der Waals surface area contributed by atoms with E-state index in [1.807, 2.05) is 38.1 Å². The monoisotopic (exact) mass is 558 g/mol. The smallest absolute Gasteiger partial charge is 0.266 e. The van der Waals surface area contributed by atoms with Gasteiger partial charge in [-0.1, -0.05) is 41.4 Å². The Labute approximate surface area is 217 Å². The SMILES string of the molecule is CCOc1cc(/C=C(/C#N)C(=O)Nc2cccc(C)c2)cc(Br)c1OCc1ccc(Cl)cc1Cl. The van der Waals surface area contributed by atoms with Crippen LogP contribution in [0.4, 0.5) is 5.69 Å². The van der Waals surface area contributed by atoms with Gasteiger partial charge in [-0.3, -0.25) is 4.79 Å². The van der Waals surface area contributed by atoms with Gasteiger partial charge in [-0.25, -0.2) is 0 Å². The van der Waals surface area contributed by atoms with Crippen molar-refractivity contribution in [3.05, 3.63) is 91.4 Å². The first-order chi connectivity index (χ1) is 16.3. The number of carbonyl (C=O) groups excluding carboxylic acids is 1. The minimum atomic E-state index is -0.500. The van der Waals surface area contributed by atoms with Gasteiger partial charge >= 0.3 is 0 Å². The van der Waals surface area contributed by atoms with Gasteiger partial charge in [-0.15, -0.1) is 0 Å². The Balaban J connectivity index is 1.86. The molecule has 3 aromatic rings. The van der Waals surface area contributed by atoms with Crippen LogP contribution in [0, 0.1) is 18.3 Å². The van der Waals surface area contributed by atoms with Crippen molar-refractivity contribution >= 4 is 56.8 Å². The molecule has 0 aliphatic rings. The zero-order chi connectivity index (χ0) is 24.7. The maximum absolute atomic E-state index is 12.6. The van der Waals surface area contributed by atoms with Crippen molar-refractivity contribution in [2.24, 2.45) is 0 Å². The molecular formula is C26H21BrCl2N2O3. The van der Waals surface area contributed by atoms with Crippen LogP contribution in [0.1, 0.15) is 23.6 Å². The first-order valence-electron chi connectivity index (χ1n) is 10.3. The third-order valence-electron chi connectivity index (χ3n) is 4.67. The quantitative estimate of drug-likeness (QED) is 0.228. The summed E-state index contributed by atoms with van der Waals surface area (Å²) in [5.74, 6) is 0.442. The van der Waals surface area contributed by atoms with E-state index >= 15 is 0 Å². The highest BCUT2D eigenvalue weighted by Gasteiger charge is 2.15. The highest BCUT2D eigenvalue weighted by molar-refractivity contribution is 9.10. The number of benzene rings is 3. The Bertz CT molecular complexity index is 1290. The zero-order valence-corrected chi connectivity index (χ0v) is 21.6. The molecule has 0 heterocycles. The molecule has 1 amide bonds. The first kappa shape index (κ1) is 25.6. The number of hydrogen-bond donors (Lipinski definition) is 1. The molecule has 0 unspecified atom stereocenters. The summed E-state index contributed by atoms with van der Waals surface area (Å²) in [7, 11) is 0. The van der Waals surface area contributed by atoms with E-state index in [1.54, 1.807) is 36.4 Å². The lowest BCUT2D eigenvalue weighted by atomic mass is 10.1. The third kappa shape index (κ3) is 6.77. The molecule has 5 nitrogen and oxygen atoms in total. The summed E-state index contributed by atoms with van der Waals surface area (Å²) in [6.07, 6.45) is 1.50. The van der Waals surface area contributed by atoms with Gasteiger partial charge in [0.1, 0.15) is 18.2 Å². The standard InChI is InChI=1S/C26H21BrCl2N2O3/c1-3-33-24-12-17(10-19(14-30)26(32)31-21-6-4-5-16(2)9-21)11-22(27)25(24)34-15-18-7-8-20(28)13-23(18)29/h4-13H,3,15H2,1-2H3,(H,31,32)/b19-10-. The van der Waals surface area contributed by atoms with Gasteiger partial charge in [0.05, 0.1) is 11.1 Å². The molecule has 8 heteroatoms. The fourth-order valence-corrected chi connectivity index (χ4v) is 4.14. The molecule has 0 radical (unpaired) electrons. The van der Waals surface area contributed by atoms with Gasteiger partial charge in [0.25, 0.3) is 5.91 Å². The van der Waals surface area contributed by atoms with Crippen LogP contribution < -0.4 is 14.8 Å². The predicted octanol–water partition coefficient (Wildman–Crippen LogP) is 7.59. The molecule has 0 saturated heterocycles. The van der Waals surface area contributed by atoms with Crippen LogP contribution in [-0.4, -0.2) is 12.5 Å². The maximum Gasteiger partial charge on any atom is 0.266 e. The summed E-state index contributed by atoms with van der Waals surface area (Å²) in [4.78, 5) is 12.6. The molecule has 0 saturated carbocycles. The Morgan fingerprint density at radius 1 is 1.15 bits per heavy atom. The molecule has 3 aromatic carbocycles. The summed E-state index contributed by atoms with van der Waals surface area (Å²) < 4.78 is 12.3. The van der Waals surface area contributed by atoms with Crippen LogP contribution in [0.15, 0.2) is 64.6 Å². The number of nitriles is 1. The normalized spacial score (nSPS) is 11.0. The largest absolute Gasteiger partial charge is 0.490 e. The fraction of sp³-hybridized carbons (Fsp3) is 0.154. The van der Waals surface area contributed by atoms with Crippen molar-refractivity contribution in [2.45, 2.75) is 20.5 Å². The van der Waals surface area contributed by atoms with E-state index in [4.69, 9.17) is 32.7 Å². The van der Waals surface area contributed by atoms with E-state index in [9.17, 15) is 10.1 Å². The van der Waals surface area contributed by atoms with E-state index < -0.39 is 5.91 Å². The molecule has 0 bridgehead atoms. The summed E-state index contributed by atoms with van der Waals surface area (Å²) >= 11 is 15.7. The summed E-state index contributed by atoms with van der Waals surface area (Å²) in [5.41, 5.74) is 2.94. The van der Waals surface area contributed by atoms with Crippen molar-refractivity contribution in [1.82, 2.24) is 0 Å². The second-order valence-corrected chi connectivity index (χ2v) is 8.98. The second-order valence-electron chi connectivity index (χ2n) is 7.28. The number of aryl methyl sites for hydroxylation is 1. The van der Waals surface area contributed by atoms with Crippen molar-refractivity contribution in [2.75, 3.05) is 11.9 Å². The van der Waals surface area contributed by atoms with Crippen LogP contribution in [0.2, 0.25) is 10.0 Å². The van der Waals surface area contributed by atoms with E-state index in [-0.39, 0.29) is 12.2 Å². The first-order valence-corrected chi connectivity index (χ1v) is 11.9. The molecule has 0 fully saturated rings. The predicted molar refractivity (Wildman–Crippen MR) is 140 cm³/mol. The van der Waals surface area contributed by atoms with Crippen LogP contribution >= 0.6 is 39.1 Å². The van der Waals surface area contributed by atoms with Gasteiger partial charge < -0.3 is 14.8 Å². The fourth-order valence-electron chi connectivity index (χ4n) is 3.10. The highest BCUT2D eigenvalue weighted by Crippen LogP contribution is 2.38. The maximum atomic E-state index is 12.6. The van der Waals surface area contributed by atoms with Gasteiger partial charge in [-0.2, -0.15) is 5.26 Å². The minimum absolute atomic E-state index is 0.0440. The number of nitrogens with one attached hydrogen (secondary N) is 1. The minimum Gasteiger partial charge on any atom is -0.490 e. The number of rotatable bonds is 8. The lowest BCUT2D eigenvalue weighted by molar-refractivity contribution is -0.112. The number of halogens is 3. The van der Waals surface area contributed by atoms with Gasteiger partial charge in [-0.05, 0) is 83.4 Å². The molecule has 0 spiro atoms. The topological polar surface area (TPSA) is 71.3 Å². The van der Waals surface area contributed by atoms with Gasteiger partial charge in [0, 0.05) is 21.3 Å². The Hall–Kier alpha value is -2.98. The van der Waals surface area contributed by atoms with Crippen LogP contribution in [0.3, 0.4) is 0 Å². The summed E-state index contributed by atoms with van der Waals surface area (Å²) in [5, 5.41) is 13.4. The van der Waals surface area contributed by atoms with E-state index in [0.29, 0.717) is 43.9 Å². The van der Waals surface area contributed by atoms with Crippen molar-refractivity contribution in [1.29, 1.82) is 5.26 Å². The number of hydrogen-bond acceptors (Lipinski definition) is 4. The average Bonchev–Trinajstić information content (AvgIpc) is 2.78. The average molecular weight is 560 g/mol. The molecule has 174 valence electrons. The number of nitrogens with zero attached hydrogens (tertiary/aromatic N) is 1. The van der Waals surface area contributed by atoms with E-state index in [0.717, 1.165) is 11.1 Å². The van der Waals surface area contributed by atoms with Gasteiger partial charge in [0.15, 0.2) is 11.5 Å². The lowest BCUT2D eigenvalue weighted by Gasteiger charge is -2.15. The van der Waals surface area contributed by atoms with Gasteiger partial charge in [0.2, 0.25) is 0 Å². The van der Waals surface area contributed by atoms with E-state index in [2.05, 4.69) is 21.2 Å². The molecule has 34 heavy (non-hydrogen) atoms. The molecule has 0 aromatic heterocycles. The van der Waals surface area contributed by atoms with Crippen molar-refractivity contribution in [3.8, 4) is 17.6 Å². The third-order valence-corrected chi connectivity index (χ3v) is 5.85.